The molecule has 0 radical (unpaired) electrons. The molecule has 2 atom stereocenters. The number of aliphatic hydroxyl groups is 1. The zero-order chi connectivity index (χ0) is 18.0. The second-order valence-corrected chi connectivity index (χ2v) is 6.02. The van der Waals surface area contributed by atoms with Crippen molar-refractivity contribution in [2.45, 2.75) is 19.1 Å². The predicted octanol–water partition coefficient (Wildman–Crippen LogP) is 0.669. The first kappa shape index (κ1) is 17.3. The number of amides is 1. The summed E-state index contributed by atoms with van der Waals surface area (Å²) in [6.07, 6.45) is -0.669. The first-order valence-electron chi connectivity index (χ1n) is 8.23. The fourth-order valence-electron chi connectivity index (χ4n) is 2.99. The lowest BCUT2D eigenvalue weighted by atomic mass is 10.1. The van der Waals surface area contributed by atoms with Crippen molar-refractivity contribution in [1.82, 2.24) is 14.7 Å². The summed E-state index contributed by atoms with van der Waals surface area (Å²) in [4.78, 5) is 26.0. The number of hydrogen-bond donors (Lipinski definition) is 1. The van der Waals surface area contributed by atoms with Gasteiger partial charge in [-0.15, -0.1) is 0 Å². The molecule has 0 saturated carbocycles. The van der Waals surface area contributed by atoms with E-state index in [1.165, 1.54) is 10.7 Å². The van der Waals surface area contributed by atoms with Crippen molar-refractivity contribution < 1.29 is 14.6 Å². The number of rotatable bonds is 4. The fraction of sp³-hybridized carbons (Fsp3) is 0.389. The maximum atomic E-state index is 12.9. The molecule has 132 valence electrons. The number of carbonyl (C=O) groups excluding carboxylic acids is 1. The van der Waals surface area contributed by atoms with E-state index in [2.05, 4.69) is 5.10 Å². The van der Waals surface area contributed by atoms with E-state index in [9.17, 15) is 14.7 Å². The Hall–Kier alpha value is -2.51. The van der Waals surface area contributed by atoms with Crippen molar-refractivity contribution >= 4 is 5.91 Å². The van der Waals surface area contributed by atoms with Gasteiger partial charge >= 0.3 is 0 Å². The molecule has 1 amide bonds. The van der Waals surface area contributed by atoms with Crippen molar-refractivity contribution in [3.05, 3.63) is 52.3 Å². The van der Waals surface area contributed by atoms with Crippen molar-refractivity contribution in [2.75, 3.05) is 19.8 Å². The van der Waals surface area contributed by atoms with Crippen LogP contribution in [-0.2, 0) is 11.8 Å². The molecule has 0 spiro atoms. The fourth-order valence-corrected chi connectivity index (χ4v) is 2.99. The quantitative estimate of drug-likeness (QED) is 0.882. The van der Waals surface area contributed by atoms with Gasteiger partial charge in [0.2, 0.25) is 0 Å². The number of aliphatic hydroxyl groups excluding tert-OH is 1. The molecule has 1 aromatic carbocycles. The second kappa shape index (κ2) is 7.16. The maximum absolute atomic E-state index is 12.9. The van der Waals surface area contributed by atoms with Crippen molar-refractivity contribution in [3.63, 3.8) is 0 Å². The molecule has 2 aromatic rings. The van der Waals surface area contributed by atoms with Gasteiger partial charge in [-0.05, 0) is 25.1 Å². The highest BCUT2D eigenvalue weighted by Crippen LogP contribution is 2.21. The number of aryl methyl sites for hydroxylation is 1. The molecule has 25 heavy (non-hydrogen) atoms. The van der Waals surface area contributed by atoms with E-state index in [0.29, 0.717) is 24.4 Å². The smallest absolute Gasteiger partial charge is 0.266 e. The molecule has 1 fully saturated rings. The molecule has 3 rings (SSSR count). The molecule has 0 bridgehead atoms. The van der Waals surface area contributed by atoms with Crippen LogP contribution in [0.5, 0.6) is 0 Å². The Morgan fingerprint density at radius 3 is 2.80 bits per heavy atom. The van der Waals surface area contributed by atoms with Gasteiger partial charge in [-0.1, -0.05) is 12.1 Å². The van der Waals surface area contributed by atoms with Crippen LogP contribution in [0.1, 0.15) is 17.3 Å². The van der Waals surface area contributed by atoms with Crippen molar-refractivity contribution in [1.29, 1.82) is 0 Å². The highest BCUT2D eigenvalue weighted by atomic mass is 16.5. The van der Waals surface area contributed by atoms with Gasteiger partial charge in [0.1, 0.15) is 0 Å². The van der Waals surface area contributed by atoms with Crippen LogP contribution >= 0.6 is 0 Å². The summed E-state index contributed by atoms with van der Waals surface area (Å²) in [6, 6.07) is 9.85. The van der Waals surface area contributed by atoms with Gasteiger partial charge in [-0.2, -0.15) is 5.10 Å². The lowest BCUT2D eigenvalue weighted by molar-refractivity contribution is 0.0520. The summed E-state index contributed by atoms with van der Waals surface area (Å²) in [5, 5.41) is 14.2. The van der Waals surface area contributed by atoms with E-state index < -0.39 is 6.10 Å². The Bertz CT molecular complexity index is 833. The Morgan fingerprint density at radius 1 is 1.36 bits per heavy atom. The van der Waals surface area contributed by atoms with E-state index in [1.807, 2.05) is 13.0 Å². The van der Waals surface area contributed by atoms with Gasteiger partial charge in [0, 0.05) is 30.8 Å². The molecule has 1 aliphatic rings. The monoisotopic (exact) mass is 343 g/mol. The standard InChI is InChI=1S/C18H21N3O4/c1-3-21(15-10-25-11-16(15)22)18(24)13-6-4-5-12(9-13)14-7-8-17(23)20(2)19-14/h4-9,15-16,22H,3,10-11H2,1-2H3/t15-,16-/m0/s1. The highest BCUT2D eigenvalue weighted by Gasteiger charge is 2.34. The third-order valence-electron chi connectivity index (χ3n) is 4.39. The van der Waals surface area contributed by atoms with Crippen LogP contribution in [0, 0.1) is 0 Å². The first-order chi connectivity index (χ1) is 12.0. The first-order valence-corrected chi connectivity index (χ1v) is 8.23. The number of hydrogen-bond acceptors (Lipinski definition) is 5. The minimum atomic E-state index is -0.669. The van der Waals surface area contributed by atoms with Crippen molar-refractivity contribution in [3.8, 4) is 11.3 Å². The second-order valence-electron chi connectivity index (χ2n) is 6.02. The SMILES string of the molecule is CCN(C(=O)c1cccc(-c2ccc(=O)n(C)n2)c1)[C@H]1COC[C@@H]1O. The Labute approximate surface area is 145 Å². The molecule has 1 N–H and O–H groups in total. The molecular formula is C18H21N3O4. The molecule has 1 aliphatic heterocycles. The number of nitrogens with zero attached hydrogens (tertiary/aromatic N) is 3. The van der Waals surface area contributed by atoms with Crippen LogP contribution in [0.4, 0.5) is 0 Å². The van der Waals surface area contributed by atoms with Crippen LogP contribution in [0.2, 0.25) is 0 Å². The topological polar surface area (TPSA) is 84.7 Å². The summed E-state index contributed by atoms with van der Waals surface area (Å²) >= 11 is 0. The van der Waals surface area contributed by atoms with E-state index >= 15 is 0 Å². The third-order valence-corrected chi connectivity index (χ3v) is 4.39. The largest absolute Gasteiger partial charge is 0.388 e. The molecule has 0 aliphatic carbocycles. The Morgan fingerprint density at radius 2 is 2.16 bits per heavy atom. The molecule has 1 aromatic heterocycles. The van der Waals surface area contributed by atoms with Gasteiger partial charge in [0.05, 0.1) is 31.1 Å². The number of ether oxygens (including phenoxy) is 1. The minimum Gasteiger partial charge on any atom is -0.388 e. The summed E-state index contributed by atoms with van der Waals surface area (Å²) in [5.41, 5.74) is 1.68. The van der Waals surface area contributed by atoms with E-state index in [-0.39, 0.29) is 24.1 Å². The molecule has 7 heteroatoms. The number of benzene rings is 1. The zero-order valence-electron chi connectivity index (χ0n) is 14.3. The van der Waals surface area contributed by atoms with Crippen LogP contribution in [-0.4, -0.2) is 57.6 Å². The van der Waals surface area contributed by atoms with Crippen LogP contribution in [0.25, 0.3) is 11.3 Å². The highest BCUT2D eigenvalue weighted by molar-refractivity contribution is 5.95. The molecule has 0 unspecified atom stereocenters. The van der Waals surface area contributed by atoms with E-state index in [4.69, 9.17) is 4.74 Å². The third kappa shape index (κ3) is 3.47. The average Bonchev–Trinajstić information content (AvgIpc) is 3.04. The van der Waals surface area contributed by atoms with E-state index in [1.54, 1.807) is 36.2 Å². The van der Waals surface area contributed by atoms with Gasteiger partial charge < -0.3 is 14.7 Å². The number of aromatic nitrogens is 2. The Kier molecular flexibility index (Phi) is 4.96. The molecule has 7 nitrogen and oxygen atoms in total. The normalized spacial score (nSPS) is 19.8. The summed E-state index contributed by atoms with van der Waals surface area (Å²) < 4.78 is 6.53. The minimum absolute atomic E-state index is 0.163. The van der Waals surface area contributed by atoms with Crippen LogP contribution in [0.3, 0.4) is 0 Å². The predicted molar refractivity (Wildman–Crippen MR) is 92.2 cm³/mol. The maximum Gasteiger partial charge on any atom is 0.266 e. The molecule has 1 saturated heterocycles. The molecular weight excluding hydrogens is 322 g/mol. The molecule has 2 heterocycles. The average molecular weight is 343 g/mol. The summed E-state index contributed by atoms with van der Waals surface area (Å²) in [6.45, 7) is 2.94. The van der Waals surface area contributed by atoms with Crippen molar-refractivity contribution in [2.24, 2.45) is 7.05 Å². The number of likely N-dealkylation sites (N-methyl/N-ethyl adjacent to an activating group) is 1. The van der Waals surface area contributed by atoms with Crippen LogP contribution < -0.4 is 5.56 Å². The van der Waals surface area contributed by atoms with E-state index in [0.717, 1.165) is 5.56 Å². The van der Waals surface area contributed by atoms with Gasteiger partial charge in [0.25, 0.3) is 11.5 Å². The van der Waals surface area contributed by atoms with Gasteiger partial charge in [-0.3, -0.25) is 9.59 Å². The number of carbonyl (C=O) groups is 1. The summed E-state index contributed by atoms with van der Waals surface area (Å²) in [7, 11) is 1.58. The lowest BCUT2D eigenvalue weighted by Crippen LogP contribution is -2.46. The Balaban J connectivity index is 1.90. The van der Waals surface area contributed by atoms with Gasteiger partial charge in [0.15, 0.2) is 0 Å². The zero-order valence-corrected chi connectivity index (χ0v) is 14.3. The summed E-state index contributed by atoms with van der Waals surface area (Å²) in [5.74, 6) is -0.163. The van der Waals surface area contributed by atoms with Crippen LogP contribution in [0.15, 0.2) is 41.2 Å². The lowest BCUT2D eigenvalue weighted by Gasteiger charge is -2.29. The van der Waals surface area contributed by atoms with Gasteiger partial charge in [-0.25, -0.2) is 4.68 Å².